The summed E-state index contributed by atoms with van der Waals surface area (Å²) in [5, 5.41) is 5.44. The summed E-state index contributed by atoms with van der Waals surface area (Å²) >= 11 is 0. The Morgan fingerprint density at radius 3 is 2.60 bits per heavy atom. The monoisotopic (exact) mass is 410 g/mol. The molecule has 7 heteroatoms. The van der Waals surface area contributed by atoms with Crippen molar-refractivity contribution in [1.82, 2.24) is 19.6 Å². The lowest BCUT2D eigenvalue weighted by Crippen LogP contribution is -2.41. The molecular weight excluding hydrogens is 380 g/mol. The Bertz CT molecular complexity index is 1040. The Kier molecular flexibility index (Phi) is 5.30. The normalized spacial score (nSPS) is 15.9. The molecule has 4 rings (SSSR count). The van der Waals surface area contributed by atoms with Crippen LogP contribution in [-0.4, -0.2) is 44.4 Å². The molecular formula is C23H30N4O3. The number of carbonyl (C=O) groups is 1. The van der Waals surface area contributed by atoms with Crippen molar-refractivity contribution in [2.75, 3.05) is 13.1 Å². The molecule has 1 amide bonds. The van der Waals surface area contributed by atoms with E-state index in [1.807, 2.05) is 26.8 Å². The minimum absolute atomic E-state index is 0.185. The first kappa shape index (κ1) is 20.4. The molecule has 0 radical (unpaired) electrons. The third-order valence-corrected chi connectivity index (χ3v) is 5.48. The van der Waals surface area contributed by atoms with Crippen molar-refractivity contribution in [2.45, 2.75) is 65.0 Å². The first-order valence-corrected chi connectivity index (χ1v) is 10.6. The second-order valence-electron chi connectivity index (χ2n) is 9.29. The van der Waals surface area contributed by atoms with Gasteiger partial charge in [-0.1, -0.05) is 11.2 Å². The van der Waals surface area contributed by atoms with E-state index in [4.69, 9.17) is 9.26 Å². The van der Waals surface area contributed by atoms with Crippen molar-refractivity contribution in [1.29, 1.82) is 0 Å². The first-order valence-electron chi connectivity index (χ1n) is 10.6. The number of benzene rings is 1. The summed E-state index contributed by atoms with van der Waals surface area (Å²) in [4.78, 5) is 18.7. The lowest BCUT2D eigenvalue weighted by Gasteiger charge is -2.32. The van der Waals surface area contributed by atoms with Crippen LogP contribution in [0.25, 0.3) is 22.4 Å². The van der Waals surface area contributed by atoms with Gasteiger partial charge in [0.1, 0.15) is 5.60 Å². The lowest BCUT2D eigenvalue weighted by molar-refractivity contribution is 0.0203. The van der Waals surface area contributed by atoms with E-state index < -0.39 is 5.60 Å². The van der Waals surface area contributed by atoms with E-state index in [1.165, 1.54) is 5.39 Å². The van der Waals surface area contributed by atoms with E-state index in [0.29, 0.717) is 30.8 Å². The number of fused-ring (bicyclic) bond motifs is 1. The molecule has 3 heterocycles. The van der Waals surface area contributed by atoms with Crippen molar-refractivity contribution in [2.24, 2.45) is 0 Å². The van der Waals surface area contributed by atoms with Crippen molar-refractivity contribution < 1.29 is 14.1 Å². The van der Waals surface area contributed by atoms with Gasteiger partial charge in [0, 0.05) is 42.3 Å². The van der Waals surface area contributed by atoms with Crippen molar-refractivity contribution in [3.05, 3.63) is 36.3 Å². The molecule has 3 aromatic rings. The summed E-state index contributed by atoms with van der Waals surface area (Å²) in [5.74, 6) is 1.44. The first-order chi connectivity index (χ1) is 14.2. The van der Waals surface area contributed by atoms with Gasteiger partial charge in [-0.2, -0.15) is 4.98 Å². The summed E-state index contributed by atoms with van der Waals surface area (Å²) < 4.78 is 13.3. The van der Waals surface area contributed by atoms with Crippen LogP contribution in [0.2, 0.25) is 0 Å². The van der Waals surface area contributed by atoms with Crippen molar-refractivity contribution in [3.63, 3.8) is 0 Å². The van der Waals surface area contributed by atoms with Gasteiger partial charge >= 0.3 is 6.09 Å². The van der Waals surface area contributed by atoms with E-state index in [9.17, 15) is 4.79 Å². The fraction of sp³-hybridized carbons (Fsp3) is 0.522. The number of hydrogen-bond donors (Lipinski definition) is 0. The number of ether oxygens (including phenoxy) is 1. The van der Waals surface area contributed by atoms with Gasteiger partial charge < -0.3 is 18.7 Å². The van der Waals surface area contributed by atoms with Crippen LogP contribution >= 0.6 is 0 Å². The smallest absolute Gasteiger partial charge is 0.410 e. The van der Waals surface area contributed by atoms with E-state index in [1.54, 1.807) is 4.90 Å². The van der Waals surface area contributed by atoms with E-state index in [-0.39, 0.29) is 12.0 Å². The second kappa shape index (κ2) is 7.78. The molecule has 0 aliphatic carbocycles. The third-order valence-electron chi connectivity index (χ3n) is 5.48. The zero-order valence-corrected chi connectivity index (χ0v) is 18.4. The Labute approximate surface area is 177 Å². The van der Waals surface area contributed by atoms with Gasteiger partial charge in [0.05, 0.1) is 0 Å². The Balaban J connectivity index is 1.46. The van der Waals surface area contributed by atoms with Gasteiger partial charge in [0.15, 0.2) is 5.82 Å². The number of aromatic nitrogens is 3. The molecule has 0 unspecified atom stereocenters. The average Bonchev–Trinajstić information content (AvgIpc) is 3.33. The molecule has 0 bridgehead atoms. The van der Waals surface area contributed by atoms with Crippen LogP contribution in [0.1, 0.15) is 65.2 Å². The molecule has 2 aromatic heterocycles. The van der Waals surface area contributed by atoms with Crippen LogP contribution in [0, 0.1) is 0 Å². The van der Waals surface area contributed by atoms with Gasteiger partial charge in [0.2, 0.25) is 0 Å². The number of hydrogen-bond acceptors (Lipinski definition) is 5. The summed E-state index contributed by atoms with van der Waals surface area (Å²) in [5.41, 5.74) is 1.61. The topological polar surface area (TPSA) is 73.4 Å². The van der Waals surface area contributed by atoms with Crippen molar-refractivity contribution in [3.8, 4) is 11.5 Å². The molecule has 30 heavy (non-hydrogen) atoms. The van der Waals surface area contributed by atoms with Crippen LogP contribution in [0.3, 0.4) is 0 Å². The molecule has 1 saturated heterocycles. The molecule has 0 atom stereocenters. The molecule has 0 N–H and O–H groups in total. The molecule has 0 saturated carbocycles. The standard InChI is InChI=1S/C23H30N4O3/c1-15(2)27-13-10-16-6-7-18(14-19(16)27)21-24-20(25-30-21)17-8-11-26(12-9-17)22(28)29-23(3,4)5/h6-7,10,13-15,17H,8-9,11-12H2,1-5H3. The highest BCUT2D eigenvalue weighted by Crippen LogP contribution is 2.30. The molecule has 0 spiro atoms. The molecule has 7 nitrogen and oxygen atoms in total. The zero-order chi connectivity index (χ0) is 21.5. The van der Waals surface area contributed by atoms with E-state index in [0.717, 1.165) is 23.9 Å². The SMILES string of the molecule is CC(C)n1ccc2ccc(-c3nc(C4CCN(C(=O)OC(C)(C)C)CC4)no3)cc21. The quantitative estimate of drug-likeness (QED) is 0.579. The molecule has 160 valence electrons. The fourth-order valence-corrected chi connectivity index (χ4v) is 3.90. The number of nitrogens with zero attached hydrogens (tertiary/aromatic N) is 4. The summed E-state index contributed by atoms with van der Waals surface area (Å²) in [6, 6.07) is 8.72. The predicted octanol–water partition coefficient (Wildman–Crippen LogP) is 5.39. The van der Waals surface area contributed by atoms with Gasteiger partial charge in [-0.3, -0.25) is 0 Å². The van der Waals surface area contributed by atoms with Crippen LogP contribution in [0.15, 0.2) is 35.0 Å². The van der Waals surface area contributed by atoms with E-state index in [2.05, 4.69) is 53.0 Å². The fourth-order valence-electron chi connectivity index (χ4n) is 3.90. The van der Waals surface area contributed by atoms with Gasteiger partial charge in [-0.25, -0.2) is 4.79 Å². The summed E-state index contributed by atoms with van der Waals surface area (Å²) in [6.07, 6.45) is 3.45. The molecule has 1 aromatic carbocycles. The second-order valence-corrected chi connectivity index (χ2v) is 9.29. The largest absolute Gasteiger partial charge is 0.444 e. The Morgan fingerprint density at radius 2 is 1.93 bits per heavy atom. The predicted molar refractivity (Wildman–Crippen MR) is 115 cm³/mol. The maximum atomic E-state index is 12.3. The van der Waals surface area contributed by atoms with Crippen LogP contribution in [0.4, 0.5) is 4.79 Å². The highest BCUT2D eigenvalue weighted by molar-refractivity contribution is 5.84. The van der Waals surface area contributed by atoms with Gasteiger partial charge in [-0.05, 0) is 71.0 Å². The van der Waals surface area contributed by atoms with Crippen LogP contribution in [0.5, 0.6) is 0 Å². The number of piperidine rings is 1. The Hall–Kier alpha value is -2.83. The van der Waals surface area contributed by atoms with E-state index >= 15 is 0 Å². The maximum Gasteiger partial charge on any atom is 0.410 e. The lowest BCUT2D eigenvalue weighted by atomic mass is 9.96. The minimum Gasteiger partial charge on any atom is -0.444 e. The van der Waals surface area contributed by atoms with Crippen LogP contribution < -0.4 is 0 Å². The summed E-state index contributed by atoms with van der Waals surface area (Å²) in [7, 11) is 0. The molecule has 1 fully saturated rings. The van der Waals surface area contributed by atoms with Crippen molar-refractivity contribution >= 4 is 17.0 Å². The average molecular weight is 411 g/mol. The number of carbonyl (C=O) groups excluding carboxylic acids is 1. The highest BCUT2D eigenvalue weighted by Gasteiger charge is 2.29. The third kappa shape index (κ3) is 4.20. The zero-order valence-electron chi connectivity index (χ0n) is 18.4. The maximum absolute atomic E-state index is 12.3. The molecule has 1 aliphatic rings. The number of rotatable bonds is 3. The molecule has 1 aliphatic heterocycles. The van der Waals surface area contributed by atoms with Gasteiger partial charge in [-0.15, -0.1) is 0 Å². The Morgan fingerprint density at radius 1 is 1.20 bits per heavy atom. The van der Waals surface area contributed by atoms with Gasteiger partial charge in [0.25, 0.3) is 5.89 Å². The number of likely N-dealkylation sites (tertiary alicyclic amines) is 1. The number of amides is 1. The highest BCUT2D eigenvalue weighted by atomic mass is 16.6. The summed E-state index contributed by atoms with van der Waals surface area (Å²) in [6.45, 7) is 11.3. The minimum atomic E-state index is -0.479. The van der Waals surface area contributed by atoms with Crippen LogP contribution in [-0.2, 0) is 4.74 Å².